The van der Waals surface area contributed by atoms with Crippen molar-refractivity contribution in [3.05, 3.63) is 34.2 Å². The first-order valence-corrected chi connectivity index (χ1v) is 5.85. The normalized spacial score (nSPS) is 26.2. The third kappa shape index (κ3) is 2.82. The molecule has 3 atom stereocenters. The lowest BCUT2D eigenvalue weighted by atomic mass is 9.83. The summed E-state index contributed by atoms with van der Waals surface area (Å²) in [5.41, 5.74) is 0.487. The van der Waals surface area contributed by atoms with E-state index in [2.05, 4.69) is 10.3 Å². The van der Waals surface area contributed by atoms with Crippen molar-refractivity contribution >= 4 is 11.9 Å². The molecule has 7 nitrogen and oxygen atoms in total. The predicted octanol–water partition coefficient (Wildman–Crippen LogP) is -0.394. The molecule has 0 unspecified atom stereocenters. The molecule has 0 spiro atoms. The fourth-order valence-electron chi connectivity index (χ4n) is 2.54. The molecule has 0 aliphatic carbocycles. The highest BCUT2D eigenvalue weighted by Crippen LogP contribution is 2.33. The van der Waals surface area contributed by atoms with E-state index in [4.69, 9.17) is 10.2 Å². The zero-order chi connectivity index (χ0) is 14.0. The van der Waals surface area contributed by atoms with Crippen LogP contribution in [0.25, 0.3) is 0 Å². The highest BCUT2D eigenvalue weighted by molar-refractivity contribution is 5.76. The summed E-state index contributed by atoms with van der Waals surface area (Å²) in [4.78, 5) is 35.5. The minimum Gasteiger partial charge on any atom is -0.481 e. The average Bonchev–Trinajstić information content (AvgIpc) is 2.73. The second-order valence-corrected chi connectivity index (χ2v) is 4.58. The quantitative estimate of drug-likeness (QED) is 0.589. The number of nitrogens with one attached hydrogen (secondary N) is 2. The van der Waals surface area contributed by atoms with Crippen LogP contribution >= 0.6 is 0 Å². The number of pyridine rings is 1. The van der Waals surface area contributed by atoms with Crippen LogP contribution in [0.1, 0.15) is 17.9 Å². The Morgan fingerprint density at radius 2 is 2.05 bits per heavy atom. The van der Waals surface area contributed by atoms with E-state index in [1.54, 1.807) is 6.07 Å². The molecule has 0 bridgehead atoms. The molecule has 0 radical (unpaired) electrons. The van der Waals surface area contributed by atoms with Crippen LogP contribution in [0.3, 0.4) is 0 Å². The van der Waals surface area contributed by atoms with Gasteiger partial charge in [0.2, 0.25) is 5.56 Å². The van der Waals surface area contributed by atoms with E-state index in [0.717, 1.165) is 5.56 Å². The van der Waals surface area contributed by atoms with Crippen molar-refractivity contribution in [2.24, 2.45) is 5.92 Å². The van der Waals surface area contributed by atoms with Crippen molar-refractivity contribution in [2.75, 3.05) is 6.54 Å². The maximum atomic E-state index is 11.1. The second kappa shape index (κ2) is 5.23. The van der Waals surface area contributed by atoms with E-state index < -0.39 is 23.9 Å². The molecule has 1 aromatic rings. The molecule has 0 aromatic carbocycles. The first kappa shape index (κ1) is 13.3. The highest BCUT2D eigenvalue weighted by atomic mass is 16.4. The minimum atomic E-state index is -1.06. The van der Waals surface area contributed by atoms with Gasteiger partial charge in [0.15, 0.2) is 0 Å². The summed E-state index contributed by atoms with van der Waals surface area (Å²) >= 11 is 0. The number of carboxylic acids is 2. The van der Waals surface area contributed by atoms with E-state index in [9.17, 15) is 14.4 Å². The van der Waals surface area contributed by atoms with Crippen LogP contribution < -0.4 is 10.9 Å². The number of carbonyl (C=O) groups is 2. The Morgan fingerprint density at radius 3 is 2.58 bits per heavy atom. The van der Waals surface area contributed by atoms with Crippen LogP contribution in [0.4, 0.5) is 0 Å². The molecule has 1 fully saturated rings. The van der Waals surface area contributed by atoms with Crippen LogP contribution in [-0.4, -0.2) is 39.7 Å². The number of H-pyrrole nitrogens is 1. The fourth-order valence-corrected chi connectivity index (χ4v) is 2.54. The zero-order valence-electron chi connectivity index (χ0n) is 10.00. The Kier molecular flexibility index (Phi) is 3.66. The largest absolute Gasteiger partial charge is 0.481 e. The van der Waals surface area contributed by atoms with Crippen LogP contribution in [0.5, 0.6) is 0 Å². The molecule has 19 heavy (non-hydrogen) atoms. The topological polar surface area (TPSA) is 119 Å². The number of aromatic amines is 1. The maximum Gasteiger partial charge on any atom is 0.321 e. The third-order valence-corrected chi connectivity index (χ3v) is 3.42. The molecule has 0 amide bonds. The van der Waals surface area contributed by atoms with Gasteiger partial charge in [0.25, 0.3) is 0 Å². The van der Waals surface area contributed by atoms with Crippen molar-refractivity contribution in [3.63, 3.8) is 0 Å². The van der Waals surface area contributed by atoms with Gasteiger partial charge in [0.1, 0.15) is 6.04 Å². The molecule has 1 aliphatic heterocycles. The Hall–Kier alpha value is -2.15. The third-order valence-electron chi connectivity index (χ3n) is 3.42. The molecule has 102 valence electrons. The van der Waals surface area contributed by atoms with Gasteiger partial charge in [-0.25, -0.2) is 0 Å². The van der Waals surface area contributed by atoms with Gasteiger partial charge in [-0.05, 0) is 5.56 Å². The summed E-state index contributed by atoms with van der Waals surface area (Å²) in [6.07, 6.45) is 1.28. The summed E-state index contributed by atoms with van der Waals surface area (Å²) in [5, 5.41) is 20.8. The van der Waals surface area contributed by atoms with Gasteiger partial charge in [-0.3, -0.25) is 14.4 Å². The first-order chi connectivity index (χ1) is 8.99. The molecular weight excluding hydrogens is 252 g/mol. The lowest BCUT2D eigenvalue weighted by Crippen LogP contribution is -2.36. The summed E-state index contributed by atoms with van der Waals surface area (Å²) < 4.78 is 0. The smallest absolute Gasteiger partial charge is 0.321 e. The van der Waals surface area contributed by atoms with Crippen LogP contribution in [-0.2, 0) is 9.59 Å². The van der Waals surface area contributed by atoms with Crippen molar-refractivity contribution in [1.29, 1.82) is 0 Å². The van der Waals surface area contributed by atoms with Crippen molar-refractivity contribution < 1.29 is 19.8 Å². The van der Waals surface area contributed by atoms with E-state index >= 15 is 0 Å². The fraction of sp³-hybridized carbons (Fsp3) is 0.417. The average molecular weight is 266 g/mol. The summed E-state index contributed by atoms with van der Waals surface area (Å²) in [6.45, 7) is 0.376. The van der Waals surface area contributed by atoms with Crippen molar-refractivity contribution in [1.82, 2.24) is 10.3 Å². The molecule has 1 aromatic heterocycles. The highest BCUT2D eigenvalue weighted by Gasteiger charge is 2.41. The van der Waals surface area contributed by atoms with E-state index in [0.29, 0.717) is 6.54 Å². The van der Waals surface area contributed by atoms with Gasteiger partial charge >= 0.3 is 11.9 Å². The Morgan fingerprint density at radius 1 is 1.32 bits per heavy atom. The lowest BCUT2D eigenvalue weighted by Gasteiger charge is -2.20. The van der Waals surface area contributed by atoms with Gasteiger partial charge < -0.3 is 20.5 Å². The number of aliphatic carboxylic acids is 2. The molecule has 7 heteroatoms. The lowest BCUT2D eigenvalue weighted by molar-refractivity contribution is -0.142. The molecule has 1 aliphatic rings. The number of hydrogen-bond donors (Lipinski definition) is 4. The maximum absolute atomic E-state index is 11.1. The molecule has 4 N–H and O–H groups in total. The first-order valence-electron chi connectivity index (χ1n) is 5.85. The van der Waals surface area contributed by atoms with Gasteiger partial charge in [0.05, 0.1) is 6.42 Å². The number of carboxylic acid groups (broad SMARTS) is 2. The Balaban J connectivity index is 2.28. The van der Waals surface area contributed by atoms with Gasteiger partial charge in [-0.15, -0.1) is 0 Å². The van der Waals surface area contributed by atoms with E-state index in [1.807, 2.05) is 0 Å². The van der Waals surface area contributed by atoms with Crippen LogP contribution in [0.2, 0.25) is 0 Å². The summed E-state index contributed by atoms with van der Waals surface area (Å²) in [5.74, 6) is -2.87. The SMILES string of the molecule is O=C(O)C[C@@H]1[C@@H](C(=O)O)NC[C@@H]1c1ccc(=O)[nH]c1. The van der Waals surface area contributed by atoms with E-state index in [-0.39, 0.29) is 17.9 Å². The monoisotopic (exact) mass is 266 g/mol. The Labute approximate surface area is 108 Å². The molecular formula is C12H14N2O5. The minimum absolute atomic E-state index is 0.228. The molecule has 2 rings (SSSR count). The molecule has 1 saturated heterocycles. The molecule has 2 heterocycles. The number of aromatic nitrogens is 1. The van der Waals surface area contributed by atoms with Crippen LogP contribution in [0, 0.1) is 5.92 Å². The zero-order valence-corrected chi connectivity index (χ0v) is 10.00. The number of rotatable bonds is 4. The van der Waals surface area contributed by atoms with Crippen LogP contribution in [0.15, 0.2) is 23.1 Å². The summed E-state index contributed by atoms with van der Waals surface area (Å²) in [6, 6.07) is 2.07. The molecule has 0 saturated carbocycles. The van der Waals surface area contributed by atoms with Gasteiger partial charge in [0, 0.05) is 30.6 Å². The standard InChI is InChI=1S/C12H14N2O5/c15-9-2-1-6(4-13-9)8-5-14-11(12(18)19)7(8)3-10(16)17/h1-2,4,7-8,11,14H,3,5H2,(H,13,15)(H,16,17)(H,18,19)/t7-,8+,11-/m0/s1. The predicted molar refractivity (Wildman–Crippen MR) is 65.0 cm³/mol. The van der Waals surface area contributed by atoms with Crippen molar-refractivity contribution in [2.45, 2.75) is 18.4 Å². The van der Waals surface area contributed by atoms with Crippen molar-refractivity contribution in [3.8, 4) is 0 Å². The Bertz CT molecular complexity index is 533. The van der Waals surface area contributed by atoms with Gasteiger partial charge in [-0.2, -0.15) is 0 Å². The number of hydrogen-bond acceptors (Lipinski definition) is 4. The second-order valence-electron chi connectivity index (χ2n) is 4.58. The van der Waals surface area contributed by atoms with Gasteiger partial charge in [-0.1, -0.05) is 6.07 Å². The summed E-state index contributed by atoms with van der Waals surface area (Å²) in [7, 11) is 0. The van der Waals surface area contributed by atoms with E-state index in [1.165, 1.54) is 12.3 Å².